The molecule has 0 aromatic heterocycles. The Morgan fingerprint density at radius 2 is 1.66 bits per heavy atom. The maximum atomic E-state index is 12.3. The molecule has 3 N–H and O–H groups in total. The topological polar surface area (TPSA) is 105 Å². The van der Waals surface area contributed by atoms with Crippen LogP contribution in [0.5, 0.6) is 0 Å². The van der Waals surface area contributed by atoms with Crippen LogP contribution >= 0.6 is 0 Å². The van der Waals surface area contributed by atoms with Crippen LogP contribution in [-0.4, -0.2) is 42.3 Å². The minimum atomic E-state index is -1.08. The largest absolute Gasteiger partial charge is 0.480 e. The molecule has 2 amide bonds. The summed E-state index contributed by atoms with van der Waals surface area (Å²) >= 11 is 0. The van der Waals surface area contributed by atoms with E-state index in [4.69, 9.17) is 4.74 Å². The number of hydrogen-bond acceptors (Lipinski definition) is 4. The standard InChI is InChI=1S/C28H30N2O5/c1-2-3-12-25(27(32)33)30-26(31)15-18-13-19(14-18)16-29-28(34)35-17-24-22-10-6-4-8-20(22)21-9-5-7-11-23(21)24/h4-11,18-19,24-25H,12-17H2,1H3,(H,29,34)(H,30,31)(H,32,33). The molecule has 2 aliphatic carbocycles. The van der Waals surface area contributed by atoms with Crippen LogP contribution in [0, 0.1) is 23.7 Å². The Hall–Kier alpha value is -3.79. The second kappa shape index (κ2) is 11.1. The first-order valence-electron chi connectivity index (χ1n) is 12.0. The highest BCUT2D eigenvalue weighted by molar-refractivity contribution is 5.84. The van der Waals surface area contributed by atoms with Crippen molar-refractivity contribution in [3.05, 3.63) is 59.7 Å². The molecule has 0 saturated heterocycles. The van der Waals surface area contributed by atoms with E-state index in [9.17, 15) is 19.5 Å². The lowest BCUT2D eigenvalue weighted by molar-refractivity contribution is -0.142. The number of carbonyl (C=O) groups is 3. The molecule has 7 heteroatoms. The molecule has 4 rings (SSSR count). The highest BCUT2D eigenvalue weighted by Gasteiger charge is 2.32. The smallest absolute Gasteiger partial charge is 0.407 e. The van der Waals surface area contributed by atoms with E-state index in [0.717, 1.165) is 12.8 Å². The van der Waals surface area contributed by atoms with E-state index in [0.29, 0.717) is 6.54 Å². The van der Waals surface area contributed by atoms with Crippen molar-refractivity contribution in [2.75, 3.05) is 13.2 Å². The van der Waals surface area contributed by atoms with Gasteiger partial charge in [0.05, 0.1) is 0 Å². The van der Waals surface area contributed by atoms with Gasteiger partial charge < -0.3 is 20.5 Å². The van der Waals surface area contributed by atoms with Gasteiger partial charge in [-0.05, 0) is 53.9 Å². The molecule has 0 spiro atoms. The van der Waals surface area contributed by atoms with Gasteiger partial charge in [0.15, 0.2) is 0 Å². The van der Waals surface area contributed by atoms with Gasteiger partial charge in [-0.3, -0.25) is 4.79 Å². The summed E-state index contributed by atoms with van der Waals surface area (Å²) in [5, 5.41) is 14.6. The van der Waals surface area contributed by atoms with Crippen LogP contribution in [0.1, 0.15) is 49.7 Å². The average molecular weight is 475 g/mol. The van der Waals surface area contributed by atoms with E-state index in [1.807, 2.05) is 24.3 Å². The van der Waals surface area contributed by atoms with E-state index in [1.165, 1.54) is 22.3 Å². The summed E-state index contributed by atoms with van der Waals surface area (Å²) < 4.78 is 5.57. The lowest BCUT2D eigenvalue weighted by Crippen LogP contribution is -2.43. The quantitative estimate of drug-likeness (QED) is 0.478. The lowest BCUT2D eigenvalue weighted by Gasteiger charge is -2.35. The third-order valence-corrected chi connectivity index (χ3v) is 6.80. The fraction of sp³-hybridized carbons (Fsp3) is 0.393. The summed E-state index contributed by atoms with van der Waals surface area (Å²) in [6.07, 6.45) is 1.56. The van der Waals surface area contributed by atoms with Crippen molar-refractivity contribution in [3.63, 3.8) is 0 Å². The van der Waals surface area contributed by atoms with Crippen molar-refractivity contribution in [3.8, 4) is 23.0 Å². The molecule has 0 radical (unpaired) electrons. The highest BCUT2D eigenvalue weighted by Crippen LogP contribution is 2.44. The van der Waals surface area contributed by atoms with Crippen molar-refractivity contribution < 1.29 is 24.2 Å². The van der Waals surface area contributed by atoms with Crippen LogP contribution in [0.25, 0.3) is 11.1 Å². The third-order valence-electron chi connectivity index (χ3n) is 6.80. The first-order chi connectivity index (χ1) is 17.0. The van der Waals surface area contributed by atoms with E-state index in [1.54, 1.807) is 6.92 Å². The lowest BCUT2D eigenvalue weighted by atomic mass is 9.73. The summed E-state index contributed by atoms with van der Waals surface area (Å²) in [6, 6.07) is 15.4. The molecule has 0 aliphatic heterocycles. The molecule has 1 saturated carbocycles. The van der Waals surface area contributed by atoms with Crippen molar-refractivity contribution in [2.24, 2.45) is 11.8 Å². The second-order valence-corrected chi connectivity index (χ2v) is 9.20. The molecule has 1 unspecified atom stereocenters. The number of nitrogens with one attached hydrogen (secondary N) is 2. The zero-order valence-corrected chi connectivity index (χ0v) is 19.8. The summed E-state index contributed by atoms with van der Waals surface area (Å²) in [6.45, 7) is 2.41. The Morgan fingerprint density at radius 1 is 1.03 bits per heavy atom. The first kappa shape index (κ1) is 24.3. The van der Waals surface area contributed by atoms with E-state index < -0.39 is 18.1 Å². The van der Waals surface area contributed by atoms with Crippen LogP contribution in [0.3, 0.4) is 0 Å². The van der Waals surface area contributed by atoms with Crippen LogP contribution < -0.4 is 10.6 Å². The fourth-order valence-corrected chi connectivity index (χ4v) is 5.00. The van der Waals surface area contributed by atoms with Gasteiger partial charge in [0.1, 0.15) is 12.6 Å². The fourth-order valence-electron chi connectivity index (χ4n) is 5.00. The molecule has 1 fully saturated rings. The summed E-state index contributed by atoms with van der Waals surface area (Å²) in [5.41, 5.74) is 4.73. The molecule has 2 aliphatic rings. The Balaban J connectivity index is 1.17. The number of hydrogen-bond donors (Lipinski definition) is 3. The SMILES string of the molecule is CC#CCC(NC(=O)CC1CC(CNC(=O)OCC2c3ccccc3-c3ccccc32)C1)C(=O)O. The number of amides is 2. The molecule has 0 bridgehead atoms. The van der Waals surface area contributed by atoms with Crippen LogP contribution in [0.4, 0.5) is 4.79 Å². The summed E-state index contributed by atoms with van der Waals surface area (Å²) in [4.78, 5) is 35.7. The molecular weight excluding hydrogens is 444 g/mol. The van der Waals surface area contributed by atoms with Gasteiger partial charge in [0.2, 0.25) is 5.91 Å². The maximum absolute atomic E-state index is 12.3. The Labute approximate surface area is 205 Å². The molecular formula is C28H30N2O5. The maximum Gasteiger partial charge on any atom is 0.407 e. The van der Waals surface area contributed by atoms with Gasteiger partial charge >= 0.3 is 12.1 Å². The zero-order chi connectivity index (χ0) is 24.8. The van der Waals surface area contributed by atoms with Crippen LogP contribution in [-0.2, 0) is 14.3 Å². The number of alkyl carbamates (subject to hydrolysis) is 1. The normalized spacial score (nSPS) is 18.7. The molecule has 0 heterocycles. The zero-order valence-electron chi connectivity index (χ0n) is 19.8. The number of fused-ring (bicyclic) bond motifs is 3. The first-order valence-corrected chi connectivity index (χ1v) is 12.0. The Morgan fingerprint density at radius 3 is 2.26 bits per heavy atom. The van der Waals surface area contributed by atoms with Crippen molar-refractivity contribution in [1.82, 2.24) is 10.6 Å². The average Bonchev–Trinajstić information content (AvgIpc) is 3.15. The van der Waals surface area contributed by atoms with Gasteiger partial charge in [-0.2, -0.15) is 0 Å². The van der Waals surface area contributed by atoms with Crippen molar-refractivity contribution in [1.29, 1.82) is 0 Å². The Bertz CT molecular complexity index is 1110. The molecule has 2 aromatic rings. The molecule has 182 valence electrons. The molecule has 2 aromatic carbocycles. The number of carboxylic acid groups (broad SMARTS) is 1. The van der Waals surface area contributed by atoms with E-state index in [2.05, 4.69) is 46.7 Å². The monoisotopic (exact) mass is 474 g/mol. The minimum absolute atomic E-state index is 0.0256. The number of aliphatic carboxylic acids is 1. The molecule has 7 nitrogen and oxygen atoms in total. The second-order valence-electron chi connectivity index (χ2n) is 9.20. The van der Waals surface area contributed by atoms with Crippen LogP contribution in [0.15, 0.2) is 48.5 Å². The van der Waals surface area contributed by atoms with Gasteiger partial charge in [-0.1, -0.05) is 48.5 Å². The molecule has 35 heavy (non-hydrogen) atoms. The van der Waals surface area contributed by atoms with Crippen molar-refractivity contribution >= 4 is 18.0 Å². The minimum Gasteiger partial charge on any atom is -0.480 e. The number of rotatable bonds is 9. The predicted molar refractivity (Wildman–Crippen MR) is 132 cm³/mol. The molecule has 1 atom stereocenters. The predicted octanol–water partition coefficient (Wildman–Crippen LogP) is 3.92. The number of carboxylic acids is 1. The summed E-state index contributed by atoms with van der Waals surface area (Å²) in [5.74, 6) is 4.48. The van der Waals surface area contributed by atoms with E-state index >= 15 is 0 Å². The number of benzene rings is 2. The summed E-state index contributed by atoms with van der Waals surface area (Å²) in [7, 11) is 0. The highest BCUT2D eigenvalue weighted by atomic mass is 16.5. The van der Waals surface area contributed by atoms with E-state index in [-0.39, 0.29) is 43.1 Å². The van der Waals surface area contributed by atoms with Gasteiger partial charge in [-0.25, -0.2) is 9.59 Å². The third kappa shape index (κ3) is 5.83. The van der Waals surface area contributed by atoms with Gasteiger partial charge in [-0.15, -0.1) is 11.8 Å². The van der Waals surface area contributed by atoms with Gasteiger partial charge in [0.25, 0.3) is 0 Å². The van der Waals surface area contributed by atoms with Gasteiger partial charge in [0, 0.05) is 25.3 Å². The number of ether oxygens (including phenoxy) is 1. The Kier molecular flexibility index (Phi) is 7.71. The number of carbonyl (C=O) groups excluding carboxylic acids is 2. The van der Waals surface area contributed by atoms with Crippen LogP contribution in [0.2, 0.25) is 0 Å². The van der Waals surface area contributed by atoms with Crippen molar-refractivity contribution in [2.45, 2.75) is 44.6 Å².